The van der Waals surface area contributed by atoms with Gasteiger partial charge in [-0.25, -0.2) is 4.39 Å². The van der Waals surface area contributed by atoms with E-state index in [2.05, 4.69) is 46.9 Å². The summed E-state index contributed by atoms with van der Waals surface area (Å²) in [6.07, 6.45) is 1.11. The highest BCUT2D eigenvalue weighted by Crippen LogP contribution is 2.21. The molecule has 1 aromatic carbocycles. The van der Waals surface area contributed by atoms with E-state index in [9.17, 15) is 4.39 Å². The van der Waals surface area contributed by atoms with Crippen LogP contribution in [0.15, 0.2) is 22.7 Å². The van der Waals surface area contributed by atoms with Crippen molar-refractivity contribution in [2.75, 3.05) is 13.1 Å². The maximum atomic E-state index is 13.9. The van der Waals surface area contributed by atoms with E-state index in [-0.39, 0.29) is 5.82 Å². The first-order valence-corrected chi connectivity index (χ1v) is 8.18. The molecule has 0 aromatic heterocycles. The second-order valence-electron chi connectivity index (χ2n) is 6.11. The summed E-state index contributed by atoms with van der Waals surface area (Å²) >= 11 is 3.43. The fraction of sp³-hybridized carbons (Fsp3) is 0.625. The topological polar surface area (TPSA) is 15.3 Å². The summed E-state index contributed by atoms with van der Waals surface area (Å²) in [7, 11) is 0. The van der Waals surface area contributed by atoms with E-state index in [1.807, 2.05) is 6.07 Å². The minimum atomic E-state index is -0.112. The van der Waals surface area contributed by atoms with Crippen LogP contribution in [0.5, 0.6) is 0 Å². The molecule has 2 unspecified atom stereocenters. The first kappa shape index (κ1) is 15.9. The lowest BCUT2D eigenvalue weighted by Gasteiger charge is -2.30. The normalized spacial score (nSPS) is 24.9. The molecule has 2 rings (SSSR count). The summed E-state index contributed by atoms with van der Waals surface area (Å²) in [5.74, 6) is 0.480. The molecule has 1 aliphatic rings. The number of hydrogen-bond donors (Lipinski definition) is 1. The van der Waals surface area contributed by atoms with Crippen molar-refractivity contribution in [1.29, 1.82) is 0 Å². The third-order valence-electron chi connectivity index (χ3n) is 4.21. The summed E-state index contributed by atoms with van der Waals surface area (Å²) in [6.45, 7) is 9.42. The van der Waals surface area contributed by atoms with E-state index < -0.39 is 0 Å². The van der Waals surface area contributed by atoms with Crippen molar-refractivity contribution in [2.24, 2.45) is 5.92 Å². The van der Waals surface area contributed by atoms with Crippen LogP contribution in [-0.2, 0) is 6.54 Å². The van der Waals surface area contributed by atoms with Crippen LogP contribution >= 0.6 is 15.9 Å². The molecule has 1 N–H and O–H groups in total. The molecule has 0 aliphatic carbocycles. The molecule has 112 valence electrons. The number of hydrogen-bond acceptors (Lipinski definition) is 2. The van der Waals surface area contributed by atoms with Gasteiger partial charge in [-0.05, 0) is 44.0 Å². The predicted octanol–water partition coefficient (Wildman–Crippen LogP) is 3.80. The summed E-state index contributed by atoms with van der Waals surface area (Å²) < 4.78 is 14.9. The van der Waals surface area contributed by atoms with Crippen molar-refractivity contribution in [2.45, 2.75) is 45.8 Å². The van der Waals surface area contributed by atoms with E-state index >= 15 is 0 Å². The summed E-state index contributed by atoms with van der Waals surface area (Å²) in [5, 5.41) is 3.61. The number of nitrogens with zero attached hydrogens (tertiary/aromatic N) is 1. The van der Waals surface area contributed by atoms with Gasteiger partial charge in [0.05, 0.1) is 0 Å². The molecule has 0 spiro atoms. The predicted molar refractivity (Wildman–Crippen MR) is 85.2 cm³/mol. The fourth-order valence-corrected chi connectivity index (χ4v) is 3.12. The average Bonchev–Trinajstić information content (AvgIpc) is 2.57. The minimum absolute atomic E-state index is 0.112. The van der Waals surface area contributed by atoms with Crippen LogP contribution in [-0.4, -0.2) is 30.1 Å². The van der Waals surface area contributed by atoms with E-state index in [1.54, 1.807) is 12.1 Å². The van der Waals surface area contributed by atoms with Crippen molar-refractivity contribution in [3.05, 3.63) is 34.1 Å². The maximum absolute atomic E-state index is 13.9. The van der Waals surface area contributed by atoms with Gasteiger partial charge in [0, 0.05) is 35.2 Å². The number of nitrogens with one attached hydrogen (secondary N) is 1. The Morgan fingerprint density at radius 3 is 2.90 bits per heavy atom. The Labute approximate surface area is 129 Å². The third kappa shape index (κ3) is 4.03. The second-order valence-corrected chi connectivity index (χ2v) is 7.02. The lowest BCUT2D eigenvalue weighted by molar-refractivity contribution is 0.182. The first-order valence-electron chi connectivity index (χ1n) is 7.38. The van der Waals surface area contributed by atoms with Crippen LogP contribution in [0.1, 0.15) is 32.8 Å². The Kier molecular flexibility index (Phi) is 5.58. The van der Waals surface area contributed by atoms with Crippen molar-refractivity contribution < 1.29 is 4.39 Å². The van der Waals surface area contributed by atoms with Crippen LogP contribution in [0.3, 0.4) is 0 Å². The number of rotatable bonds is 3. The van der Waals surface area contributed by atoms with Gasteiger partial charge >= 0.3 is 0 Å². The molecule has 2 atom stereocenters. The molecule has 0 bridgehead atoms. The third-order valence-corrected chi connectivity index (χ3v) is 4.70. The van der Waals surface area contributed by atoms with Gasteiger partial charge in [-0.3, -0.25) is 4.90 Å². The van der Waals surface area contributed by atoms with Gasteiger partial charge in [-0.15, -0.1) is 0 Å². The Bertz CT molecular complexity index is 450. The Morgan fingerprint density at radius 1 is 1.45 bits per heavy atom. The molecule has 0 amide bonds. The largest absolute Gasteiger partial charge is 0.312 e. The van der Waals surface area contributed by atoms with E-state index in [0.29, 0.717) is 24.5 Å². The van der Waals surface area contributed by atoms with Crippen LogP contribution in [0.2, 0.25) is 0 Å². The SMILES string of the molecule is CC(C)C1CN(Cc2cc(Br)ccc2F)C(C)CCN1. The van der Waals surface area contributed by atoms with Gasteiger partial charge in [0.1, 0.15) is 5.82 Å². The molecule has 0 radical (unpaired) electrons. The smallest absolute Gasteiger partial charge is 0.127 e. The van der Waals surface area contributed by atoms with Crippen molar-refractivity contribution >= 4 is 15.9 Å². The molecule has 1 aliphatic heterocycles. The van der Waals surface area contributed by atoms with Gasteiger partial charge in [0.15, 0.2) is 0 Å². The highest BCUT2D eigenvalue weighted by molar-refractivity contribution is 9.10. The number of benzene rings is 1. The highest BCUT2D eigenvalue weighted by Gasteiger charge is 2.25. The summed E-state index contributed by atoms with van der Waals surface area (Å²) in [5.41, 5.74) is 0.774. The Morgan fingerprint density at radius 2 is 2.20 bits per heavy atom. The maximum Gasteiger partial charge on any atom is 0.127 e. The molecule has 1 aromatic rings. The summed E-state index contributed by atoms with van der Waals surface area (Å²) in [6, 6.07) is 6.15. The van der Waals surface area contributed by atoms with E-state index in [0.717, 1.165) is 29.5 Å². The Hall–Kier alpha value is -0.450. The van der Waals surface area contributed by atoms with Crippen molar-refractivity contribution in [3.63, 3.8) is 0 Å². The number of halogens is 2. The highest BCUT2D eigenvalue weighted by atomic mass is 79.9. The van der Waals surface area contributed by atoms with Crippen LogP contribution in [0.4, 0.5) is 4.39 Å². The lowest BCUT2D eigenvalue weighted by Crippen LogP contribution is -2.42. The average molecular weight is 343 g/mol. The molecule has 20 heavy (non-hydrogen) atoms. The van der Waals surface area contributed by atoms with Gasteiger partial charge in [0.25, 0.3) is 0 Å². The van der Waals surface area contributed by atoms with Crippen LogP contribution < -0.4 is 5.32 Å². The molecule has 2 nitrogen and oxygen atoms in total. The van der Waals surface area contributed by atoms with Gasteiger partial charge in [-0.2, -0.15) is 0 Å². The van der Waals surface area contributed by atoms with Crippen LogP contribution in [0, 0.1) is 11.7 Å². The fourth-order valence-electron chi connectivity index (χ4n) is 2.71. The molecule has 1 saturated heterocycles. The van der Waals surface area contributed by atoms with Gasteiger partial charge < -0.3 is 5.32 Å². The summed E-state index contributed by atoms with van der Waals surface area (Å²) in [4.78, 5) is 2.40. The van der Waals surface area contributed by atoms with E-state index in [1.165, 1.54) is 0 Å². The zero-order valence-electron chi connectivity index (χ0n) is 12.5. The zero-order chi connectivity index (χ0) is 14.7. The Balaban J connectivity index is 2.14. The van der Waals surface area contributed by atoms with Gasteiger partial charge in [0.2, 0.25) is 0 Å². The monoisotopic (exact) mass is 342 g/mol. The van der Waals surface area contributed by atoms with Crippen LogP contribution in [0.25, 0.3) is 0 Å². The second kappa shape index (κ2) is 7.01. The van der Waals surface area contributed by atoms with Gasteiger partial charge in [-0.1, -0.05) is 29.8 Å². The van der Waals surface area contributed by atoms with E-state index in [4.69, 9.17) is 0 Å². The standard InChI is InChI=1S/C16H24BrFN2/c1-11(2)16-10-20(12(3)6-7-19-16)9-13-8-14(17)4-5-15(13)18/h4-5,8,11-12,16,19H,6-7,9-10H2,1-3H3. The lowest BCUT2D eigenvalue weighted by atomic mass is 10.0. The molecular weight excluding hydrogens is 319 g/mol. The van der Waals surface area contributed by atoms with Crippen molar-refractivity contribution in [3.8, 4) is 0 Å². The quantitative estimate of drug-likeness (QED) is 0.898. The zero-order valence-corrected chi connectivity index (χ0v) is 14.1. The molecule has 4 heteroatoms. The molecule has 1 heterocycles. The molecule has 1 fully saturated rings. The first-order chi connectivity index (χ1) is 9.47. The minimum Gasteiger partial charge on any atom is -0.312 e. The van der Waals surface area contributed by atoms with Crippen molar-refractivity contribution in [1.82, 2.24) is 10.2 Å². The molecular formula is C16H24BrFN2. The molecule has 0 saturated carbocycles.